The quantitative estimate of drug-likeness (QED) is 0.899. The molecule has 0 aliphatic carbocycles. The first-order valence-corrected chi connectivity index (χ1v) is 7.93. The minimum absolute atomic E-state index is 0.134. The molecule has 0 saturated carbocycles. The Morgan fingerprint density at radius 1 is 1.32 bits per heavy atom. The summed E-state index contributed by atoms with van der Waals surface area (Å²) in [5.41, 5.74) is 0. The summed E-state index contributed by atoms with van der Waals surface area (Å²) in [5, 5.41) is 3.37. The fourth-order valence-corrected chi connectivity index (χ4v) is 3.87. The van der Waals surface area contributed by atoms with Crippen LogP contribution in [0.5, 0.6) is 0 Å². The van der Waals surface area contributed by atoms with Crippen LogP contribution < -0.4 is 5.32 Å². The Morgan fingerprint density at radius 3 is 2.79 bits per heavy atom. The van der Waals surface area contributed by atoms with Crippen molar-refractivity contribution in [2.24, 2.45) is 0 Å². The first kappa shape index (κ1) is 13.4. The van der Waals surface area contributed by atoms with Crippen LogP contribution in [-0.2, 0) is 0 Å². The minimum atomic E-state index is 0.134. The van der Waals surface area contributed by atoms with Gasteiger partial charge in [-0.3, -0.25) is 9.69 Å². The van der Waals surface area contributed by atoms with Gasteiger partial charge in [-0.05, 0) is 18.6 Å². The van der Waals surface area contributed by atoms with Gasteiger partial charge in [0.2, 0.25) is 0 Å². The molecule has 104 valence electrons. The molecule has 3 heterocycles. The summed E-state index contributed by atoms with van der Waals surface area (Å²) in [6.45, 7) is 6.03. The first-order chi connectivity index (χ1) is 9.24. The standard InChI is InChI=1S/C13H18ClN3OS/c14-12-2-1-11(19-12)13(18)17-6-3-10(9-17)16-7-4-15-5-8-16/h1-2,10,15H,3-9H2. The zero-order chi connectivity index (χ0) is 13.2. The van der Waals surface area contributed by atoms with Gasteiger partial charge in [-0.2, -0.15) is 0 Å². The summed E-state index contributed by atoms with van der Waals surface area (Å²) >= 11 is 7.26. The van der Waals surface area contributed by atoms with Crippen LogP contribution in [0.3, 0.4) is 0 Å². The van der Waals surface area contributed by atoms with Crippen molar-refractivity contribution in [3.63, 3.8) is 0 Å². The van der Waals surface area contributed by atoms with Crippen LogP contribution >= 0.6 is 22.9 Å². The highest BCUT2D eigenvalue weighted by atomic mass is 35.5. The van der Waals surface area contributed by atoms with Crippen molar-refractivity contribution in [3.8, 4) is 0 Å². The zero-order valence-corrected chi connectivity index (χ0v) is 12.3. The molecule has 0 bridgehead atoms. The highest BCUT2D eigenvalue weighted by Crippen LogP contribution is 2.25. The molecular weight excluding hydrogens is 282 g/mol. The molecule has 2 aliphatic rings. The lowest BCUT2D eigenvalue weighted by atomic mass is 10.2. The monoisotopic (exact) mass is 299 g/mol. The predicted molar refractivity (Wildman–Crippen MR) is 78.1 cm³/mol. The molecule has 1 unspecified atom stereocenters. The van der Waals surface area contributed by atoms with Crippen LogP contribution in [0.1, 0.15) is 16.1 Å². The van der Waals surface area contributed by atoms with Gasteiger partial charge in [0.25, 0.3) is 5.91 Å². The molecule has 1 atom stereocenters. The van der Waals surface area contributed by atoms with Gasteiger partial charge in [-0.25, -0.2) is 0 Å². The van der Waals surface area contributed by atoms with Crippen molar-refractivity contribution in [3.05, 3.63) is 21.3 Å². The highest BCUT2D eigenvalue weighted by molar-refractivity contribution is 7.17. The lowest BCUT2D eigenvalue weighted by Crippen LogP contribution is -2.49. The van der Waals surface area contributed by atoms with Gasteiger partial charge in [0, 0.05) is 45.3 Å². The van der Waals surface area contributed by atoms with E-state index in [1.165, 1.54) is 11.3 Å². The molecular formula is C13H18ClN3OS. The molecule has 4 nitrogen and oxygen atoms in total. The van der Waals surface area contributed by atoms with Crippen molar-refractivity contribution in [1.29, 1.82) is 0 Å². The number of hydrogen-bond acceptors (Lipinski definition) is 4. The number of nitrogens with zero attached hydrogens (tertiary/aromatic N) is 2. The largest absolute Gasteiger partial charge is 0.336 e. The Bertz CT molecular complexity index is 458. The van der Waals surface area contributed by atoms with Crippen LogP contribution in [0.2, 0.25) is 4.34 Å². The number of carbonyl (C=O) groups excluding carboxylic acids is 1. The van der Waals surface area contributed by atoms with Crippen LogP contribution in [0.25, 0.3) is 0 Å². The van der Waals surface area contributed by atoms with E-state index in [1.54, 1.807) is 6.07 Å². The Morgan fingerprint density at radius 2 is 2.11 bits per heavy atom. The molecule has 2 saturated heterocycles. The summed E-state index contributed by atoms with van der Waals surface area (Å²) in [7, 11) is 0. The lowest BCUT2D eigenvalue weighted by molar-refractivity contribution is 0.0778. The second kappa shape index (κ2) is 5.79. The van der Waals surface area contributed by atoms with E-state index in [0.29, 0.717) is 10.4 Å². The third-order valence-electron chi connectivity index (χ3n) is 3.90. The SMILES string of the molecule is O=C(c1ccc(Cl)s1)N1CCC(N2CCNCC2)C1. The smallest absolute Gasteiger partial charge is 0.264 e. The maximum Gasteiger partial charge on any atom is 0.264 e. The van der Waals surface area contributed by atoms with E-state index in [1.807, 2.05) is 11.0 Å². The van der Waals surface area contributed by atoms with Crippen molar-refractivity contribution >= 4 is 28.8 Å². The Labute approximate surface area is 122 Å². The normalized spacial score (nSPS) is 24.9. The fraction of sp³-hybridized carbons (Fsp3) is 0.615. The molecule has 0 spiro atoms. The van der Waals surface area contributed by atoms with Crippen LogP contribution in [0.4, 0.5) is 0 Å². The molecule has 2 fully saturated rings. The molecule has 0 aromatic carbocycles. The average Bonchev–Trinajstić information content (AvgIpc) is 3.08. The first-order valence-electron chi connectivity index (χ1n) is 6.73. The van der Waals surface area contributed by atoms with E-state index in [0.717, 1.165) is 50.6 Å². The summed E-state index contributed by atoms with van der Waals surface area (Å²) in [4.78, 5) is 17.6. The maximum absolute atomic E-state index is 12.3. The molecule has 3 rings (SSSR count). The predicted octanol–water partition coefficient (Wildman–Crippen LogP) is 1.52. The number of carbonyl (C=O) groups is 1. The van der Waals surface area contributed by atoms with Gasteiger partial charge in [0.1, 0.15) is 0 Å². The Hall–Kier alpha value is -0.620. The molecule has 0 radical (unpaired) electrons. The van der Waals surface area contributed by atoms with E-state index in [4.69, 9.17) is 11.6 Å². The number of likely N-dealkylation sites (tertiary alicyclic amines) is 1. The third-order valence-corrected chi connectivity index (χ3v) is 5.12. The number of hydrogen-bond donors (Lipinski definition) is 1. The number of thiophene rings is 1. The van der Waals surface area contributed by atoms with Gasteiger partial charge in [-0.1, -0.05) is 11.6 Å². The topological polar surface area (TPSA) is 35.6 Å². The second-order valence-electron chi connectivity index (χ2n) is 5.08. The minimum Gasteiger partial charge on any atom is -0.336 e. The fourth-order valence-electron chi connectivity index (χ4n) is 2.86. The molecule has 1 aromatic heterocycles. The molecule has 2 aliphatic heterocycles. The van der Waals surface area contributed by atoms with Crippen molar-refractivity contribution in [2.75, 3.05) is 39.3 Å². The Kier molecular flexibility index (Phi) is 4.07. The van der Waals surface area contributed by atoms with Gasteiger partial charge < -0.3 is 10.2 Å². The second-order valence-corrected chi connectivity index (χ2v) is 6.80. The summed E-state index contributed by atoms with van der Waals surface area (Å²) in [6, 6.07) is 4.15. The number of piperazine rings is 1. The van der Waals surface area contributed by atoms with Crippen LogP contribution in [-0.4, -0.2) is 61.0 Å². The van der Waals surface area contributed by atoms with Gasteiger partial charge in [0.15, 0.2) is 0 Å². The lowest BCUT2D eigenvalue weighted by Gasteiger charge is -2.32. The maximum atomic E-state index is 12.3. The molecule has 1 aromatic rings. The number of rotatable bonds is 2. The molecule has 6 heteroatoms. The number of nitrogens with one attached hydrogen (secondary N) is 1. The number of amides is 1. The van der Waals surface area contributed by atoms with Crippen molar-refractivity contribution in [1.82, 2.24) is 15.1 Å². The molecule has 1 N–H and O–H groups in total. The average molecular weight is 300 g/mol. The highest BCUT2D eigenvalue weighted by Gasteiger charge is 2.31. The van der Waals surface area contributed by atoms with E-state index >= 15 is 0 Å². The summed E-state index contributed by atoms with van der Waals surface area (Å²) in [5.74, 6) is 0.134. The van der Waals surface area contributed by atoms with Crippen molar-refractivity contribution in [2.45, 2.75) is 12.5 Å². The number of halogens is 1. The van der Waals surface area contributed by atoms with Crippen molar-refractivity contribution < 1.29 is 4.79 Å². The molecule has 1 amide bonds. The van der Waals surface area contributed by atoms with Gasteiger partial charge in [-0.15, -0.1) is 11.3 Å². The molecule has 19 heavy (non-hydrogen) atoms. The van der Waals surface area contributed by atoms with E-state index in [9.17, 15) is 4.79 Å². The van der Waals surface area contributed by atoms with Crippen LogP contribution in [0.15, 0.2) is 12.1 Å². The summed E-state index contributed by atoms with van der Waals surface area (Å²) < 4.78 is 0.682. The van der Waals surface area contributed by atoms with Gasteiger partial charge >= 0.3 is 0 Å². The third kappa shape index (κ3) is 2.94. The zero-order valence-electron chi connectivity index (χ0n) is 10.8. The van der Waals surface area contributed by atoms with Crippen LogP contribution in [0, 0.1) is 0 Å². The summed E-state index contributed by atoms with van der Waals surface area (Å²) in [6.07, 6.45) is 1.09. The van der Waals surface area contributed by atoms with Gasteiger partial charge in [0.05, 0.1) is 9.21 Å². The van der Waals surface area contributed by atoms with E-state index in [2.05, 4.69) is 10.2 Å². The Balaban J connectivity index is 1.60. The van der Waals surface area contributed by atoms with E-state index < -0.39 is 0 Å². The van der Waals surface area contributed by atoms with E-state index in [-0.39, 0.29) is 5.91 Å².